The molecule has 1 heterocycles. The molecule has 0 atom stereocenters. The molecule has 0 aromatic heterocycles. The van der Waals surface area contributed by atoms with Crippen molar-refractivity contribution in [3.8, 4) is 5.75 Å². The molecule has 0 amide bonds. The molecule has 0 fully saturated rings. The van der Waals surface area contributed by atoms with Gasteiger partial charge in [-0.15, -0.1) is 0 Å². The fraction of sp³-hybridized carbons (Fsp3) is 0.533. The van der Waals surface area contributed by atoms with Crippen LogP contribution < -0.4 is 4.74 Å². The predicted octanol–water partition coefficient (Wildman–Crippen LogP) is 3.05. The van der Waals surface area contributed by atoms with Crippen LogP contribution in [0.25, 0.3) is 0 Å². The Morgan fingerprint density at radius 2 is 2.17 bits per heavy atom. The molecule has 0 aliphatic carbocycles. The summed E-state index contributed by atoms with van der Waals surface area (Å²) in [5.74, 6) is 0.921. The van der Waals surface area contributed by atoms with Crippen LogP contribution in [0.4, 0.5) is 5.69 Å². The van der Waals surface area contributed by atoms with Gasteiger partial charge in [0.2, 0.25) is 0 Å². The van der Waals surface area contributed by atoms with Crippen molar-refractivity contribution in [1.29, 1.82) is 0 Å². The summed E-state index contributed by atoms with van der Waals surface area (Å²) in [6.07, 6.45) is 2.02. The summed E-state index contributed by atoms with van der Waals surface area (Å²) in [5, 5.41) is 0. The van der Waals surface area contributed by atoms with E-state index in [0.717, 1.165) is 30.8 Å². The number of methoxy groups -OCH3 is 1. The van der Waals surface area contributed by atoms with Gasteiger partial charge in [-0.3, -0.25) is 4.99 Å². The summed E-state index contributed by atoms with van der Waals surface area (Å²) >= 11 is 0. The highest BCUT2D eigenvalue weighted by Gasteiger charge is 2.15. The van der Waals surface area contributed by atoms with Gasteiger partial charge in [0, 0.05) is 24.7 Å². The molecular formula is C15H22N2O. The molecule has 98 valence electrons. The van der Waals surface area contributed by atoms with Crippen molar-refractivity contribution in [3.63, 3.8) is 0 Å². The van der Waals surface area contributed by atoms with E-state index in [1.165, 1.54) is 11.3 Å². The molecule has 0 saturated carbocycles. The number of hydrogen-bond acceptors (Lipinski definition) is 3. The molecule has 1 aliphatic heterocycles. The number of ether oxygens (including phenoxy) is 1. The Hall–Kier alpha value is -1.35. The maximum Gasteiger partial charge on any atom is 0.119 e. The molecule has 2 rings (SSSR count). The SMILES string of the molecule is COc1ccc2c(c1)CC(CCN(C)C(C)C)=N2. The normalized spacial score (nSPS) is 14.0. The maximum atomic E-state index is 5.25. The Balaban J connectivity index is 1.96. The van der Waals surface area contributed by atoms with E-state index in [0.29, 0.717) is 6.04 Å². The van der Waals surface area contributed by atoms with Crippen molar-refractivity contribution < 1.29 is 4.74 Å². The van der Waals surface area contributed by atoms with Crippen LogP contribution in [0.3, 0.4) is 0 Å². The average Bonchev–Trinajstić information content (AvgIpc) is 2.77. The van der Waals surface area contributed by atoms with E-state index in [1.807, 2.05) is 12.1 Å². The predicted molar refractivity (Wildman–Crippen MR) is 76.2 cm³/mol. The summed E-state index contributed by atoms with van der Waals surface area (Å²) in [5.41, 5.74) is 3.68. The van der Waals surface area contributed by atoms with Gasteiger partial charge >= 0.3 is 0 Å². The lowest BCUT2D eigenvalue weighted by Crippen LogP contribution is -2.28. The van der Waals surface area contributed by atoms with E-state index in [9.17, 15) is 0 Å². The van der Waals surface area contributed by atoms with Gasteiger partial charge in [0.25, 0.3) is 0 Å². The Morgan fingerprint density at radius 3 is 2.83 bits per heavy atom. The fourth-order valence-corrected chi connectivity index (χ4v) is 2.08. The Labute approximate surface area is 109 Å². The standard InChI is InChI=1S/C15H22N2O/c1-11(2)17(3)8-7-13-9-12-10-14(18-4)5-6-15(12)16-13/h5-6,10-11H,7-9H2,1-4H3. The number of aliphatic imine (C=N–C) groups is 1. The summed E-state index contributed by atoms with van der Waals surface area (Å²) in [7, 11) is 3.87. The van der Waals surface area contributed by atoms with Crippen LogP contribution in [-0.2, 0) is 6.42 Å². The number of hydrogen-bond donors (Lipinski definition) is 0. The molecule has 0 bridgehead atoms. The number of fused-ring (bicyclic) bond motifs is 1. The second-order valence-electron chi connectivity index (χ2n) is 5.17. The molecule has 0 radical (unpaired) electrons. The zero-order valence-corrected chi connectivity index (χ0v) is 11.7. The van der Waals surface area contributed by atoms with Crippen LogP contribution in [0.15, 0.2) is 23.2 Å². The van der Waals surface area contributed by atoms with Crippen LogP contribution in [0, 0.1) is 0 Å². The van der Waals surface area contributed by atoms with Gasteiger partial charge in [-0.1, -0.05) is 0 Å². The van der Waals surface area contributed by atoms with Gasteiger partial charge in [-0.25, -0.2) is 0 Å². The van der Waals surface area contributed by atoms with Crippen molar-refractivity contribution in [2.24, 2.45) is 4.99 Å². The Bertz CT molecular complexity index is 452. The van der Waals surface area contributed by atoms with Crippen LogP contribution >= 0.6 is 0 Å². The van der Waals surface area contributed by atoms with E-state index >= 15 is 0 Å². The molecule has 1 aromatic carbocycles. The second-order valence-corrected chi connectivity index (χ2v) is 5.17. The first-order valence-corrected chi connectivity index (χ1v) is 6.53. The van der Waals surface area contributed by atoms with Gasteiger partial charge < -0.3 is 9.64 Å². The van der Waals surface area contributed by atoms with Crippen molar-refractivity contribution >= 4 is 11.4 Å². The Kier molecular flexibility index (Phi) is 4.02. The first-order valence-electron chi connectivity index (χ1n) is 6.53. The van der Waals surface area contributed by atoms with Crippen molar-refractivity contribution in [1.82, 2.24) is 4.90 Å². The lowest BCUT2D eigenvalue weighted by Gasteiger charge is -2.20. The van der Waals surface area contributed by atoms with Crippen LogP contribution in [0.5, 0.6) is 5.75 Å². The molecule has 1 aromatic rings. The van der Waals surface area contributed by atoms with E-state index < -0.39 is 0 Å². The first kappa shape index (κ1) is 13.1. The van der Waals surface area contributed by atoms with Gasteiger partial charge in [-0.05, 0) is 51.1 Å². The Morgan fingerprint density at radius 1 is 1.39 bits per heavy atom. The summed E-state index contributed by atoms with van der Waals surface area (Å²) < 4.78 is 5.25. The minimum atomic E-state index is 0.592. The van der Waals surface area contributed by atoms with Crippen LogP contribution in [0.2, 0.25) is 0 Å². The maximum absolute atomic E-state index is 5.25. The van der Waals surface area contributed by atoms with Crippen molar-refractivity contribution in [2.75, 3.05) is 20.7 Å². The number of benzene rings is 1. The molecule has 0 saturated heterocycles. The minimum Gasteiger partial charge on any atom is -0.497 e. The molecule has 0 unspecified atom stereocenters. The number of rotatable bonds is 5. The monoisotopic (exact) mass is 246 g/mol. The zero-order valence-electron chi connectivity index (χ0n) is 11.7. The van der Waals surface area contributed by atoms with E-state index in [-0.39, 0.29) is 0 Å². The lowest BCUT2D eigenvalue weighted by molar-refractivity contribution is 0.282. The summed E-state index contributed by atoms with van der Waals surface area (Å²) in [6, 6.07) is 6.71. The molecule has 18 heavy (non-hydrogen) atoms. The highest BCUT2D eigenvalue weighted by molar-refractivity contribution is 5.94. The quantitative estimate of drug-likeness (QED) is 0.797. The second kappa shape index (κ2) is 5.53. The van der Waals surface area contributed by atoms with Gasteiger partial charge in [0.1, 0.15) is 5.75 Å². The van der Waals surface area contributed by atoms with E-state index in [1.54, 1.807) is 7.11 Å². The summed E-state index contributed by atoms with van der Waals surface area (Å²) in [4.78, 5) is 7.05. The number of nitrogens with zero attached hydrogens (tertiary/aromatic N) is 2. The molecule has 3 nitrogen and oxygen atoms in total. The third kappa shape index (κ3) is 2.91. The molecule has 0 spiro atoms. The molecule has 0 N–H and O–H groups in total. The van der Waals surface area contributed by atoms with E-state index in [2.05, 4.69) is 31.9 Å². The van der Waals surface area contributed by atoms with Crippen LogP contribution in [-0.4, -0.2) is 37.4 Å². The topological polar surface area (TPSA) is 24.8 Å². The average molecular weight is 246 g/mol. The van der Waals surface area contributed by atoms with Gasteiger partial charge in [0.15, 0.2) is 0 Å². The molecule has 3 heteroatoms. The fourth-order valence-electron chi connectivity index (χ4n) is 2.08. The largest absolute Gasteiger partial charge is 0.497 e. The molecule has 1 aliphatic rings. The highest BCUT2D eigenvalue weighted by atomic mass is 16.5. The third-order valence-electron chi connectivity index (χ3n) is 3.59. The summed E-state index contributed by atoms with van der Waals surface area (Å²) in [6.45, 7) is 5.51. The smallest absolute Gasteiger partial charge is 0.119 e. The van der Waals surface area contributed by atoms with E-state index in [4.69, 9.17) is 9.73 Å². The van der Waals surface area contributed by atoms with Crippen LogP contribution in [0.1, 0.15) is 25.8 Å². The van der Waals surface area contributed by atoms with Gasteiger partial charge in [0.05, 0.1) is 12.8 Å². The van der Waals surface area contributed by atoms with Crippen molar-refractivity contribution in [3.05, 3.63) is 23.8 Å². The zero-order chi connectivity index (χ0) is 13.1. The van der Waals surface area contributed by atoms with Crippen molar-refractivity contribution in [2.45, 2.75) is 32.7 Å². The van der Waals surface area contributed by atoms with Gasteiger partial charge in [-0.2, -0.15) is 0 Å². The minimum absolute atomic E-state index is 0.592. The first-order chi connectivity index (χ1) is 8.60. The highest BCUT2D eigenvalue weighted by Crippen LogP contribution is 2.30. The third-order valence-corrected chi connectivity index (χ3v) is 3.59. The lowest BCUT2D eigenvalue weighted by atomic mass is 10.1. The molecular weight excluding hydrogens is 224 g/mol.